The summed E-state index contributed by atoms with van der Waals surface area (Å²) in [7, 11) is 0. The van der Waals surface area contributed by atoms with E-state index in [9.17, 15) is 22.0 Å². The number of hydrogen-bond acceptors (Lipinski definition) is 7. The summed E-state index contributed by atoms with van der Waals surface area (Å²) in [4.78, 5) is 10.8. The standard InChI is InChI=1S/C21H14F5N9/c1-10(15-8-34(33-32-15)16-3-2-12(22)4-14(16)23)17-5-13(18-19(27)30-9-31-35(17)18)11-6-28-20(29-7-11)21(24,25)26/h2-10H,1H3,(H2,27,30,31)/t10-/m1/s1. The molecule has 9 nitrogen and oxygen atoms in total. The molecule has 0 saturated heterocycles. The normalized spacial score (nSPS) is 12.9. The molecular weight excluding hydrogens is 473 g/mol. The van der Waals surface area contributed by atoms with E-state index in [1.165, 1.54) is 27.8 Å². The van der Waals surface area contributed by atoms with Gasteiger partial charge in [-0.15, -0.1) is 5.10 Å². The van der Waals surface area contributed by atoms with Crippen molar-refractivity contribution in [2.24, 2.45) is 0 Å². The average Bonchev–Trinajstić information content (AvgIpc) is 3.44. The average molecular weight is 487 g/mol. The first-order valence-corrected chi connectivity index (χ1v) is 10.0. The van der Waals surface area contributed by atoms with Crippen molar-refractivity contribution in [3.63, 3.8) is 0 Å². The van der Waals surface area contributed by atoms with Crippen LogP contribution in [0.1, 0.15) is 30.1 Å². The fourth-order valence-corrected chi connectivity index (χ4v) is 3.65. The molecule has 14 heteroatoms. The van der Waals surface area contributed by atoms with Gasteiger partial charge in [0.15, 0.2) is 11.6 Å². The van der Waals surface area contributed by atoms with E-state index in [4.69, 9.17) is 5.73 Å². The van der Waals surface area contributed by atoms with Crippen LogP contribution in [-0.2, 0) is 6.18 Å². The summed E-state index contributed by atoms with van der Waals surface area (Å²) in [5, 5.41) is 12.3. The van der Waals surface area contributed by atoms with Crippen molar-refractivity contribution in [1.29, 1.82) is 0 Å². The number of nitrogens with zero attached hydrogens (tertiary/aromatic N) is 8. The lowest BCUT2D eigenvalue weighted by Crippen LogP contribution is -2.10. The summed E-state index contributed by atoms with van der Waals surface area (Å²) in [6.07, 6.45) is 0.112. The van der Waals surface area contributed by atoms with Gasteiger partial charge < -0.3 is 5.73 Å². The van der Waals surface area contributed by atoms with E-state index in [1.54, 1.807) is 13.0 Å². The fourth-order valence-electron chi connectivity index (χ4n) is 3.65. The molecule has 0 saturated carbocycles. The third-order valence-corrected chi connectivity index (χ3v) is 5.38. The maximum Gasteiger partial charge on any atom is 0.451 e. The molecule has 5 rings (SSSR count). The molecule has 0 radical (unpaired) electrons. The van der Waals surface area contributed by atoms with Gasteiger partial charge in [0.2, 0.25) is 5.82 Å². The van der Waals surface area contributed by atoms with Crippen molar-refractivity contribution >= 4 is 11.3 Å². The molecule has 0 aliphatic carbocycles. The molecule has 4 heterocycles. The highest BCUT2D eigenvalue weighted by Gasteiger charge is 2.34. The predicted molar refractivity (Wildman–Crippen MR) is 112 cm³/mol. The molecule has 178 valence electrons. The summed E-state index contributed by atoms with van der Waals surface area (Å²) in [6.45, 7) is 1.78. The molecule has 1 aromatic carbocycles. The summed E-state index contributed by atoms with van der Waals surface area (Å²) in [5.74, 6) is -3.19. The van der Waals surface area contributed by atoms with Crippen molar-refractivity contribution < 1.29 is 22.0 Å². The van der Waals surface area contributed by atoms with Gasteiger partial charge in [-0.25, -0.2) is 32.9 Å². The molecule has 0 fully saturated rings. The Kier molecular flexibility index (Phi) is 5.15. The van der Waals surface area contributed by atoms with Gasteiger partial charge >= 0.3 is 6.18 Å². The van der Waals surface area contributed by atoms with Crippen LogP contribution in [0.3, 0.4) is 0 Å². The second-order valence-corrected chi connectivity index (χ2v) is 7.59. The first-order chi connectivity index (χ1) is 16.6. The number of nitrogens with two attached hydrogens (primary N) is 1. The lowest BCUT2D eigenvalue weighted by molar-refractivity contribution is -0.144. The Morgan fingerprint density at radius 2 is 1.77 bits per heavy atom. The van der Waals surface area contributed by atoms with Crippen molar-refractivity contribution in [2.75, 3.05) is 5.73 Å². The van der Waals surface area contributed by atoms with Gasteiger partial charge in [0.05, 0.1) is 17.6 Å². The second kappa shape index (κ2) is 8.07. The fraction of sp³-hybridized carbons (Fsp3) is 0.143. The highest BCUT2D eigenvalue weighted by molar-refractivity contribution is 5.88. The summed E-state index contributed by atoms with van der Waals surface area (Å²) < 4.78 is 68.7. The minimum atomic E-state index is -4.68. The Hall–Kier alpha value is -4.49. The second-order valence-electron chi connectivity index (χ2n) is 7.59. The summed E-state index contributed by atoms with van der Waals surface area (Å²) in [5.41, 5.74) is 8.06. The Balaban J connectivity index is 1.58. The van der Waals surface area contributed by atoms with E-state index >= 15 is 0 Å². The van der Waals surface area contributed by atoms with Crippen LogP contribution in [0.15, 0.2) is 49.2 Å². The topological polar surface area (TPSA) is 113 Å². The lowest BCUT2D eigenvalue weighted by atomic mass is 10.0. The van der Waals surface area contributed by atoms with Gasteiger partial charge in [-0.05, 0) is 18.2 Å². The first kappa shape index (κ1) is 22.3. The number of nitrogen functional groups attached to an aromatic ring is 1. The number of rotatable bonds is 4. The highest BCUT2D eigenvalue weighted by atomic mass is 19.4. The molecule has 0 unspecified atom stereocenters. The molecule has 2 N–H and O–H groups in total. The molecule has 35 heavy (non-hydrogen) atoms. The van der Waals surface area contributed by atoms with Gasteiger partial charge in [0.25, 0.3) is 0 Å². The number of benzene rings is 1. The van der Waals surface area contributed by atoms with Crippen LogP contribution in [0.25, 0.3) is 22.3 Å². The van der Waals surface area contributed by atoms with Gasteiger partial charge in [-0.2, -0.15) is 18.3 Å². The molecule has 0 aliphatic heterocycles. The minimum absolute atomic E-state index is 0.00605. The lowest BCUT2D eigenvalue weighted by Gasteiger charge is -2.08. The Morgan fingerprint density at radius 3 is 2.46 bits per heavy atom. The van der Waals surface area contributed by atoms with E-state index in [0.29, 0.717) is 22.5 Å². The van der Waals surface area contributed by atoms with E-state index in [1.807, 2.05) is 0 Å². The maximum absolute atomic E-state index is 14.2. The minimum Gasteiger partial charge on any atom is -0.382 e. The monoisotopic (exact) mass is 487 g/mol. The molecule has 4 aromatic heterocycles. The van der Waals surface area contributed by atoms with E-state index in [-0.39, 0.29) is 17.1 Å². The zero-order chi connectivity index (χ0) is 24.9. The van der Waals surface area contributed by atoms with Crippen LogP contribution in [0.2, 0.25) is 0 Å². The number of halogens is 5. The zero-order valence-electron chi connectivity index (χ0n) is 17.7. The summed E-state index contributed by atoms with van der Waals surface area (Å²) >= 11 is 0. The smallest absolute Gasteiger partial charge is 0.382 e. The van der Waals surface area contributed by atoms with Crippen molar-refractivity contribution in [2.45, 2.75) is 19.0 Å². The van der Waals surface area contributed by atoms with E-state index < -0.39 is 29.6 Å². The third kappa shape index (κ3) is 3.92. The van der Waals surface area contributed by atoms with Crippen LogP contribution in [0.4, 0.5) is 27.8 Å². The summed E-state index contributed by atoms with van der Waals surface area (Å²) in [6, 6.07) is 4.73. The SMILES string of the molecule is C[C@H](c1cn(-c2ccc(F)cc2F)nn1)c1cc(-c2cnc(C(F)(F)F)nc2)c2c(N)ncnn12. The van der Waals surface area contributed by atoms with Crippen molar-refractivity contribution in [3.8, 4) is 16.8 Å². The quantitative estimate of drug-likeness (QED) is 0.384. The number of anilines is 1. The van der Waals surface area contributed by atoms with E-state index in [2.05, 4.69) is 30.4 Å². The zero-order valence-corrected chi connectivity index (χ0v) is 17.7. The molecule has 0 spiro atoms. The highest BCUT2D eigenvalue weighted by Crippen LogP contribution is 2.35. The largest absolute Gasteiger partial charge is 0.451 e. The van der Waals surface area contributed by atoms with Gasteiger partial charge in [0.1, 0.15) is 23.3 Å². The molecule has 0 bridgehead atoms. The molecular formula is C21H14F5N9. The van der Waals surface area contributed by atoms with Gasteiger partial charge in [0, 0.05) is 35.5 Å². The van der Waals surface area contributed by atoms with E-state index in [0.717, 1.165) is 24.5 Å². The van der Waals surface area contributed by atoms with Crippen LogP contribution >= 0.6 is 0 Å². The van der Waals surface area contributed by atoms with Crippen LogP contribution < -0.4 is 5.73 Å². The van der Waals surface area contributed by atoms with Crippen molar-refractivity contribution in [1.82, 2.24) is 39.6 Å². The number of fused-ring (bicyclic) bond motifs is 1. The molecule has 0 aliphatic rings. The Bertz CT molecular complexity index is 1540. The Labute approximate surface area is 193 Å². The molecule has 1 atom stereocenters. The number of hydrogen-bond donors (Lipinski definition) is 1. The predicted octanol–water partition coefficient (Wildman–Crippen LogP) is 3.80. The molecule has 0 amide bonds. The maximum atomic E-state index is 14.2. The van der Waals surface area contributed by atoms with Crippen molar-refractivity contribution in [3.05, 3.63) is 78.0 Å². The number of aromatic nitrogens is 8. The first-order valence-electron chi connectivity index (χ1n) is 10.0. The third-order valence-electron chi connectivity index (χ3n) is 5.38. The van der Waals surface area contributed by atoms with Gasteiger partial charge in [-0.1, -0.05) is 12.1 Å². The van der Waals surface area contributed by atoms with Gasteiger partial charge in [-0.3, -0.25) is 0 Å². The number of alkyl halides is 3. The van der Waals surface area contributed by atoms with Crippen LogP contribution in [-0.4, -0.2) is 39.6 Å². The van der Waals surface area contributed by atoms with Crippen LogP contribution in [0.5, 0.6) is 0 Å². The molecule has 5 aromatic rings. The Morgan fingerprint density at radius 1 is 1.03 bits per heavy atom. The van der Waals surface area contributed by atoms with Crippen LogP contribution in [0, 0.1) is 11.6 Å².